The highest BCUT2D eigenvalue weighted by Crippen LogP contribution is 2.21. The fourth-order valence-corrected chi connectivity index (χ4v) is 4.82. The highest BCUT2D eigenvalue weighted by atomic mass is 32.2. The number of nitrogens with zero attached hydrogens (tertiary/aromatic N) is 2. The standard InChI is InChI=1S/C22H29N3O4S/c1-17-7-8-21(18(2)15-17)29-14-9-22(26)23-19-5-4-6-20(16-19)30(27,28)25-12-10-24(3)11-13-25/h4-8,15-16H,9-14H2,1-3H3,(H,23,26). The second-order valence-electron chi connectivity index (χ2n) is 7.65. The van der Waals surface area contributed by atoms with Crippen LogP contribution >= 0.6 is 0 Å². The van der Waals surface area contributed by atoms with Gasteiger partial charge in [-0.2, -0.15) is 4.31 Å². The molecule has 1 fully saturated rings. The van der Waals surface area contributed by atoms with Crippen LogP contribution in [-0.4, -0.2) is 63.4 Å². The minimum absolute atomic E-state index is 0.169. The summed E-state index contributed by atoms with van der Waals surface area (Å²) in [7, 11) is -1.60. The van der Waals surface area contributed by atoms with Crippen molar-refractivity contribution in [1.82, 2.24) is 9.21 Å². The van der Waals surface area contributed by atoms with Gasteiger partial charge in [-0.3, -0.25) is 4.79 Å². The molecule has 0 aromatic heterocycles. The van der Waals surface area contributed by atoms with E-state index in [1.165, 1.54) is 10.4 Å². The molecule has 1 aliphatic heterocycles. The Morgan fingerprint density at radius 3 is 2.50 bits per heavy atom. The Balaban J connectivity index is 1.57. The lowest BCUT2D eigenvalue weighted by Gasteiger charge is -2.31. The molecule has 0 spiro atoms. The lowest BCUT2D eigenvalue weighted by atomic mass is 10.1. The highest BCUT2D eigenvalue weighted by molar-refractivity contribution is 7.89. The molecule has 1 heterocycles. The number of piperazine rings is 1. The summed E-state index contributed by atoms with van der Waals surface area (Å²) in [4.78, 5) is 14.6. The maximum absolute atomic E-state index is 12.9. The molecule has 0 aliphatic carbocycles. The summed E-state index contributed by atoms with van der Waals surface area (Å²) < 4.78 is 33.0. The molecular weight excluding hydrogens is 402 g/mol. The predicted octanol–water partition coefficient (Wildman–Crippen LogP) is 2.65. The van der Waals surface area contributed by atoms with Gasteiger partial charge in [-0.25, -0.2) is 8.42 Å². The molecule has 0 bridgehead atoms. The second-order valence-corrected chi connectivity index (χ2v) is 9.59. The minimum Gasteiger partial charge on any atom is -0.493 e. The summed E-state index contributed by atoms with van der Waals surface area (Å²) in [6, 6.07) is 12.3. The van der Waals surface area contributed by atoms with E-state index in [4.69, 9.17) is 4.74 Å². The largest absolute Gasteiger partial charge is 0.493 e. The molecule has 0 saturated carbocycles. The van der Waals surface area contributed by atoms with Crippen molar-refractivity contribution in [2.75, 3.05) is 45.2 Å². The average Bonchev–Trinajstić information content (AvgIpc) is 2.70. The molecule has 162 valence electrons. The number of carbonyl (C=O) groups is 1. The van der Waals surface area contributed by atoms with Crippen molar-refractivity contribution in [3.8, 4) is 5.75 Å². The van der Waals surface area contributed by atoms with Crippen LogP contribution in [0.3, 0.4) is 0 Å². The fraction of sp³-hybridized carbons (Fsp3) is 0.409. The van der Waals surface area contributed by atoms with Crippen LogP contribution in [-0.2, 0) is 14.8 Å². The number of sulfonamides is 1. The van der Waals surface area contributed by atoms with Gasteiger partial charge in [0.05, 0.1) is 17.9 Å². The molecule has 1 N–H and O–H groups in total. The maximum atomic E-state index is 12.9. The van der Waals surface area contributed by atoms with Crippen LogP contribution in [0.1, 0.15) is 17.5 Å². The number of nitrogens with one attached hydrogen (secondary N) is 1. The lowest BCUT2D eigenvalue weighted by molar-refractivity contribution is -0.116. The normalized spacial score (nSPS) is 15.7. The topological polar surface area (TPSA) is 78.9 Å². The van der Waals surface area contributed by atoms with E-state index >= 15 is 0 Å². The molecule has 1 saturated heterocycles. The van der Waals surface area contributed by atoms with Crippen LogP contribution in [0, 0.1) is 13.8 Å². The Kier molecular flexibility index (Phi) is 7.12. The lowest BCUT2D eigenvalue weighted by Crippen LogP contribution is -2.47. The molecule has 7 nitrogen and oxygen atoms in total. The first-order valence-corrected chi connectivity index (χ1v) is 11.5. The summed E-state index contributed by atoms with van der Waals surface area (Å²) in [5, 5.41) is 2.76. The SMILES string of the molecule is Cc1ccc(OCCC(=O)Nc2cccc(S(=O)(=O)N3CCN(C)CC3)c2)c(C)c1. The van der Waals surface area contributed by atoms with Gasteiger partial charge in [0.2, 0.25) is 15.9 Å². The fourth-order valence-electron chi connectivity index (χ4n) is 3.35. The Morgan fingerprint density at radius 1 is 1.07 bits per heavy atom. The van der Waals surface area contributed by atoms with Gasteiger partial charge in [0.15, 0.2) is 0 Å². The molecule has 2 aromatic rings. The Morgan fingerprint density at radius 2 is 1.80 bits per heavy atom. The third-order valence-corrected chi connectivity index (χ3v) is 7.03. The summed E-state index contributed by atoms with van der Waals surface area (Å²) >= 11 is 0. The quantitative estimate of drug-likeness (QED) is 0.729. The van der Waals surface area contributed by atoms with E-state index in [-0.39, 0.29) is 23.8 Å². The smallest absolute Gasteiger partial charge is 0.243 e. The maximum Gasteiger partial charge on any atom is 0.243 e. The van der Waals surface area contributed by atoms with Gasteiger partial charge in [-0.05, 0) is 50.7 Å². The molecule has 0 radical (unpaired) electrons. The second kappa shape index (κ2) is 9.59. The molecule has 1 amide bonds. The van der Waals surface area contributed by atoms with Gasteiger partial charge < -0.3 is 15.0 Å². The molecule has 30 heavy (non-hydrogen) atoms. The number of likely N-dealkylation sites (N-methyl/N-ethyl adjacent to an activating group) is 1. The predicted molar refractivity (Wildman–Crippen MR) is 117 cm³/mol. The third kappa shape index (κ3) is 5.59. The molecule has 8 heteroatoms. The van der Waals surface area contributed by atoms with Crippen LogP contribution in [0.4, 0.5) is 5.69 Å². The first-order valence-electron chi connectivity index (χ1n) is 10.0. The first kappa shape index (κ1) is 22.3. The number of carbonyl (C=O) groups excluding carboxylic acids is 1. The molecule has 0 atom stereocenters. The zero-order valence-electron chi connectivity index (χ0n) is 17.7. The van der Waals surface area contributed by atoms with E-state index in [9.17, 15) is 13.2 Å². The molecular formula is C22H29N3O4S. The van der Waals surface area contributed by atoms with Crippen molar-refractivity contribution in [2.24, 2.45) is 0 Å². The Bertz CT molecular complexity index is 999. The van der Waals surface area contributed by atoms with Crippen molar-refractivity contribution in [1.29, 1.82) is 0 Å². The zero-order chi connectivity index (χ0) is 21.7. The number of ether oxygens (including phenoxy) is 1. The molecule has 0 unspecified atom stereocenters. The van der Waals surface area contributed by atoms with Crippen LogP contribution in [0.15, 0.2) is 47.4 Å². The van der Waals surface area contributed by atoms with Gasteiger partial charge in [0.25, 0.3) is 0 Å². The van der Waals surface area contributed by atoms with E-state index in [1.54, 1.807) is 18.2 Å². The zero-order valence-corrected chi connectivity index (χ0v) is 18.5. The summed E-state index contributed by atoms with van der Waals surface area (Å²) in [5.74, 6) is 0.530. The summed E-state index contributed by atoms with van der Waals surface area (Å²) in [6.45, 7) is 6.56. The number of hydrogen-bond acceptors (Lipinski definition) is 5. The van der Waals surface area contributed by atoms with Gasteiger partial charge in [-0.15, -0.1) is 0 Å². The summed E-state index contributed by atoms with van der Waals surface area (Å²) in [5.41, 5.74) is 2.64. The Labute approximate surface area is 178 Å². The van der Waals surface area contributed by atoms with Gasteiger partial charge in [-0.1, -0.05) is 23.8 Å². The number of amides is 1. The monoisotopic (exact) mass is 431 g/mol. The van der Waals surface area contributed by atoms with Gasteiger partial charge in [0, 0.05) is 31.9 Å². The average molecular weight is 432 g/mol. The van der Waals surface area contributed by atoms with Crippen molar-refractivity contribution in [3.63, 3.8) is 0 Å². The number of rotatable bonds is 7. The van der Waals surface area contributed by atoms with Gasteiger partial charge >= 0.3 is 0 Å². The highest BCUT2D eigenvalue weighted by Gasteiger charge is 2.27. The number of hydrogen-bond donors (Lipinski definition) is 1. The van der Waals surface area contributed by atoms with E-state index < -0.39 is 10.0 Å². The number of anilines is 1. The van der Waals surface area contributed by atoms with Crippen LogP contribution in [0.5, 0.6) is 5.75 Å². The van der Waals surface area contributed by atoms with E-state index in [0.717, 1.165) is 16.9 Å². The van der Waals surface area contributed by atoms with E-state index in [1.807, 2.05) is 39.1 Å². The summed E-state index contributed by atoms with van der Waals surface area (Å²) in [6.07, 6.45) is 0.169. The van der Waals surface area contributed by atoms with Crippen LogP contribution in [0.25, 0.3) is 0 Å². The van der Waals surface area contributed by atoms with Crippen LogP contribution in [0.2, 0.25) is 0 Å². The Hall–Kier alpha value is -2.42. The van der Waals surface area contributed by atoms with Crippen molar-refractivity contribution in [2.45, 2.75) is 25.2 Å². The van der Waals surface area contributed by atoms with E-state index in [0.29, 0.717) is 31.9 Å². The molecule has 1 aliphatic rings. The molecule has 2 aromatic carbocycles. The van der Waals surface area contributed by atoms with Crippen LogP contribution < -0.4 is 10.1 Å². The van der Waals surface area contributed by atoms with Crippen molar-refractivity contribution < 1.29 is 17.9 Å². The third-order valence-electron chi connectivity index (χ3n) is 5.13. The molecule has 3 rings (SSSR count). The number of benzene rings is 2. The number of aryl methyl sites for hydroxylation is 2. The van der Waals surface area contributed by atoms with Crippen molar-refractivity contribution >= 4 is 21.6 Å². The van der Waals surface area contributed by atoms with Gasteiger partial charge in [0.1, 0.15) is 5.75 Å². The van der Waals surface area contributed by atoms with Crippen molar-refractivity contribution in [3.05, 3.63) is 53.6 Å². The van der Waals surface area contributed by atoms with E-state index in [2.05, 4.69) is 10.2 Å². The first-order chi connectivity index (χ1) is 14.3. The minimum atomic E-state index is -3.57.